The summed E-state index contributed by atoms with van der Waals surface area (Å²) in [5.41, 5.74) is 5.21. The smallest absolute Gasteiger partial charge is 0.327 e. The predicted molar refractivity (Wildman–Crippen MR) is 166 cm³/mol. The van der Waals surface area contributed by atoms with E-state index >= 15 is 0 Å². The highest BCUT2D eigenvalue weighted by Crippen LogP contribution is 2.46. The van der Waals surface area contributed by atoms with Crippen LogP contribution < -0.4 is 4.90 Å². The van der Waals surface area contributed by atoms with E-state index in [9.17, 15) is 0 Å². The highest BCUT2D eigenvalue weighted by atomic mass is 15.2. The second-order valence-electron chi connectivity index (χ2n) is 12.4. The van der Waals surface area contributed by atoms with E-state index in [1.165, 1.54) is 86.7 Å². The Bertz CT molecular complexity index is 1200. The average molecular weight is 528 g/mol. The van der Waals surface area contributed by atoms with E-state index in [1.54, 1.807) is 0 Å². The molecule has 0 aliphatic carbocycles. The molecule has 2 aliphatic rings. The Hall–Kier alpha value is -2.75. The zero-order valence-electron chi connectivity index (χ0n) is 25.5. The number of rotatable bonds is 14. The Morgan fingerprint density at radius 1 is 0.769 bits per heavy atom. The first kappa shape index (κ1) is 29.2. The summed E-state index contributed by atoms with van der Waals surface area (Å²) in [6.45, 7) is 16.0. The molecule has 39 heavy (non-hydrogen) atoms. The maximum atomic E-state index is 4.84. The van der Waals surface area contributed by atoms with Crippen molar-refractivity contribution in [1.29, 1.82) is 0 Å². The van der Waals surface area contributed by atoms with Crippen molar-refractivity contribution in [2.24, 2.45) is 0 Å². The Morgan fingerprint density at radius 2 is 1.41 bits per heavy atom. The normalized spacial score (nSPS) is 18.4. The molecule has 210 valence electrons. The molecule has 2 aromatic rings. The van der Waals surface area contributed by atoms with Crippen LogP contribution in [0.15, 0.2) is 60.6 Å². The van der Waals surface area contributed by atoms with Crippen LogP contribution in [0.25, 0.3) is 0 Å². The lowest BCUT2D eigenvalue weighted by Crippen LogP contribution is -2.28. The highest BCUT2D eigenvalue weighted by Gasteiger charge is 2.43. The first-order valence-corrected chi connectivity index (χ1v) is 15.6. The van der Waals surface area contributed by atoms with Gasteiger partial charge in [0.15, 0.2) is 0 Å². The van der Waals surface area contributed by atoms with Crippen LogP contribution in [0.2, 0.25) is 0 Å². The van der Waals surface area contributed by atoms with Crippen molar-refractivity contribution in [3.63, 3.8) is 0 Å². The van der Waals surface area contributed by atoms with Crippen molar-refractivity contribution in [1.82, 2.24) is 9.97 Å². The molecule has 0 atom stereocenters. The lowest BCUT2D eigenvalue weighted by molar-refractivity contribution is -0.442. The monoisotopic (exact) mass is 527 g/mol. The van der Waals surface area contributed by atoms with Gasteiger partial charge < -0.3 is 4.90 Å². The van der Waals surface area contributed by atoms with Crippen LogP contribution in [-0.2, 0) is 10.8 Å². The summed E-state index contributed by atoms with van der Waals surface area (Å²) in [5.74, 6) is 2.27. The zero-order chi connectivity index (χ0) is 27.9. The van der Waals surface area contributed by atoms with E-state index in [0.717, 1.165) is 24.7 Å². The largest absolute Gasteiger partial charge is 0.329 e. The first-order chi connectivity index (χ1) is 18.8. The standard InChI is InChI=1S/C35H51N4/c1-7-9-11-13-15-26-38-30(34(3,4)28-20-18-24-36-32(28)38)22-17-23-31-35(5,6)29-21-19-25-37-33(29)39(31)27-16-14-12-10-8-2/h17-25H,7-16,26-27H2,1-6H3/q+1. The van der Waals surface area contributed by atoms with Gasteiger partial charge in [-0.1, -0.05) is 84.8 Å². The number of hydrogen-bond acceptors (Lipinski definition) is 3. The van der Waals surface area contributed by atoms with Crippen LogP contribution in [0, 0.1) is 0 Å². The minimum absolute atomic E-state index is 0.0727. The van der Waals surface area contributed by atoms with E-state index in [2.05, 4.69) is 93.5 Å². The fraction of sp³-hybridized carbons (Fsp3) is 0.571. The fourth-order valence-electron chi connectivity index (χ4n) is 6.41. The molecule has 0 bridgehead atoms. The summed E-state index contributed by atoms with van der Waals surface area (Å²) in [6, 6.07) is 8.68. The molecule has 4 nitrogen and oxygen atoms in total. The molecule has 0 radical (unpaired) electrons. The maximum Gasteiger partial charge on any atom is 0.327 e. The van der Waals surface area contributed by atoms with Crippen LogP contribution in [-0.4, -0.2) is 33.3 Å². The third-order valence-corrected chi connectivity index (χ3v) is 8.77. The lowest BCUT2D eigenvalue weighted by atomic mass is 9.82. The summed E-state index contributed by atoms with van der Waals surface area (Å²) in [5, 5.41) is 0. The molecule has 4 rings (SSSR count). The molecular formula is C35H51N4+. The number of allylic oxidation sites excluding steroid dienone is 4. The maximum absolute atomic E-state index is 4.84. The Labute approximate surface area is 238 Å². The number of unbranched alkanes of at least 4 members (excludes halogenated alkanes) is 8. The molecule has 0 spiro atoms. The predicted octanol–water partition coefficient (Wildman–Crippen LogP) is 9.03. The number of anilines is 1. The highest BCUT2D eigenvalue weighted by molar-refractivity contribution is 6.02. The molecule has 0 N–H and O–H groups in total. The van der Waals surface area contributed by atoms with Crippen molar-refractivity contribution < 1.29 is 4.58 Å². The van der Waals surface area contributed by atoms with Gasteiger partial charge in [0.1, 0.15) is 17.7 Å². The van der Waals surface area contributed by atoms with E-state index in [4.69, 9.17) is 9.97 Å². The Morgan fingerprint density at radius 3 is 2.13 bits per heavy atom. The number of aromatic nitrogens is 2. The van der Waals surface area contributed by atoms with Crippen molar-refractivity contribution in [3.05, 3.63) is 71.7 Å². The summed E-state index contributed by atoms with van der Waals surface area (Å²) in [4.78, 5) is 12.2. The molecule has 0 fully saturated rings. The topological polar surface area (TPSA) is 32.0 Å². The molecular weight excluding hydrogens is 476 g/mol. The van der Waals surface area contributed by atoms with E-state index in [0.29, 0.717) is 0 Å². The first-order valence-electron chi connectivity index (χ1n) is 15.6. The third kappa shape index (κ3) is 6.21. The molecule has 0 saturated heterocycles. The van der Waals surface area contributed by atoms with Crippen molar-refractivity contribution in [2.45, 2.75) is 117 Å². The summed E-state index contributed by atoms with van der Waals surface area (Å²) >= 11 is 0. The minimum atomic E-state index is -0.0727. The second kappa shape index (κ2) is 13.1. The van der Waals surface area contributed by atoms with Gasteiger partial charge in [-0.15, -0.1) is 0 Å². The van der Waals surface area contributed by atoms with E-state index in [1.807, 2.05) is 12.4 Å². The van der Waals surface area contributed by atoms with E-state index < -0.39 is 0 Å². The minimum Gasteiger partial charge on any atom is -0.329 e. The molecule has 2 aliphatic heterocycles. The molecule has 2 aromatic heterocycles. The number of pyridine rings is 2. The molecule has 4 heteroatoms. The molecule has 4 heterocycles. The van der Waals surface area contributed by atoms with Gasteiger partial charge in [0.2, 0.25) is 0 Å². The molecule has 0 unspecified atom stereocenters. The van der Waals surface area contributed by atoms with Gasteiger partial charge in [-0.2, -0.15) is 0 Å². The fourth-order valence-corrected chi connectivity index (χ4v) is 6.41. The van der Waals surface area contributed by atoms with Gasteiger partial charge in [0.25, 0.3) is 0 Å². The van der Waals surface area contributed by atoms with Gasteiger partial charge in [0, 0.05) is 29.4 Å². The van der Waals surface area contributed by atoms with Crippen LogP contribution >= 0.6 is 0 Å². The van der Waals surface area contributed by atoms with Gasteiger partial charge >= 0.3 is 5.82 Å². The van der Waals surface area contributed by atoms with Gasteiger partial charge in [-0.05, 0) is 68.4 Å². The number of nitrogens with zero attached hydrogens (tertiary/aromatic N) is 4. The van der Waals surface area contributed by atoms with Crippen molar-refractivity contribution >= 4 is 17.3 Å². The third-order valence-electron chi connectivity index (χ3n) is 8.77. The lowest BCUT2D eigenvalue weighted by Gasteiger charge is -2.26. The summed E-state index contributed by atoms with van der Waals surface area (Å²) < 4.78 is 2.48. The SMILES string of the molecule is CCCCCCCN1/C(=C/C=C/C2=[N+](CCCCCCC)c3ncccc3C2(C)C)C(C)(C)c2cccnc21. The van der Waals surface area contributed by atoms with Gasteiger partial charge in [0.05, 0.1) is 17.5 Å². The average Bonchev–Trinajstić information content (AvgIpc) is 3.28. The summed E-state index contributed by atoms with van der Waals surface area (Å²) in [7, 11) is 0. The number of hydrogen-bond donors (Lipinski definition) is 0. The van der Waals surface area contributed by atoms with E-state index in [-0.39, 0.29) is 10.8 Å². The zero-order valence-corrected chi connectivity index (χ0v) is 25.5. The Balaban J connectivity index is 1.63. The van der Waals surface area contributed by atoms with Crippen LogP contribution in [0.5, 0.6) is 0 Å². The second-order valence-corrected chi connectivity index (χ2v) is 12.4. The van der Waals surface area contributed by atoms with Crippen molar-refractivity contribution in [3.8, 4) is 0 Å². The van der Waals surface area contributed by atoms with Crippen LogP contribution in [0.3, 0.4) is 0 Å². The summed E-state index contributed by atoms with van der Waals surface area (Å²) in [6.07, 6.45) is 23.7. The molecule has 0 amide bonds. The molecule has 0 saturated carbocycles. The van der Waals surface area contributed by atoms with Gasteiger partial charge in [-0.25, -0.2) is 9.56 Å². The van der Waals surface area contributed by atoms with Gasteiger partial charge in [-0.3, -0.25) is 0 Å². The van der Waals surface area contributed by atoms with Crippen LogP contribution in [0.1, 0.15) is 117 Å². The molecule has 0 aromatic carbocycles. The van der Waals surface area contributed by atoms with Crippen LogP contribution in [0.4, 0.5) is 11.6 Å². The van der Waals surface area contributed by atoms with Crippen molar-refractivity contribution in [2.75, 3.05) is 18.0 Å². The Kier molecular flexibility index (Phi) is 9.80. The number of fused-ring (bicyclic) bond motifs is 2. The quantitative estimate of drug-likeness (QED) is 0.181.